The smallest absolute Gasteiger partial charge is 0.263 e. The molecule has 0 aromatic carbocycles. The van der Waals surface area contributed by atoms with Crippen molar-refractivity contribution in [1.29, 1.82) is 0 Å². The Morgan fingerprint density at radius 3 is 2.60 bits per heavy atom. The van der Waals surface area contributed by atoms with Gasteiger partial charge in [-0.3, -0.25) is 9.69 Å². The highest BCUT2D eigenvalue weighted by Crippen LogP contribution is 2.16. The minimum Gasteiger partial charge on any atom is -0.373 e. The van der Waals surface area contributed by atoms with E-state index >= 15 is 0 Å². The summed E-state index contributed by atoms with van der Waals surface area (Å²) >= 11 is 1.45. The highest BCUT2D eigenvalue weighted by Gasteiger charge is 2.22. The lowest BCUT2D eigenvalue weighted by atomic mass is 10.2. The van der Waals surface area contributed by atoms with Crippen molar-refractivity contribution in [1.82, 2.24) is 15.2 Å². The number of nitrogens with zero attached hydrogens (tertiary/aromatic N) is 2. The van der Waals surface area contributed by atoms with Crippen molar-refractivity contribution < 1.29 is 9.53 Å². The Morgan fingerprint density at radius 2 is 2.05 bits per heavy atom. The first-order valence-electron chi connectivity index (χ1n) is 7.05. The first-order valence-corrected chi connectivity index (χ1v) is 7.87. The number of morpholine rings is 1. The first kappa shape index (κ1) is 15.4. The molecule has 5 nitrogen and oxygen atoms in total. The number of amides is 1. The summed E-state index contributed by atoms with van der Waals surface area (Å²) < 4.78 is 5.70. The van der Waals surface area contributed by atoms with Crippen LogP contribution in [0.1, 0.15) is 34.2 Å². The van der Waals surface area contributed by atoms with Crippen molar-refractivity contribution in [3.63, 3.8) is 0 Å². The average Bonchev–Trinajstić information content (AvgIpc) is 2.67. The molecule has 1 fully saturated rings. The van der Waals surface area contributed by atoms with E-state index in [1.807, 2.05) is 13.8 Å². The minimum absolute atomic E-state index is 0.0116. The number of ether oxygens (including phenoxy) is 1. The van der Waals surface area contributed by atoms with Crippen LogP contribution in [-0.4, -0.2) is 54.2 Å². The molecular formula is C14H23N3O2S. The Bertz CT molecular complexity index is 465. The van der Waals surface area contributed by atoms with Gasteiger partial charge < -0.3 is 10.1 Å². The van der Waals surface area contributed by atoms with Crippen LogP contribution in [0.4, 0.5) is 0 Å². The summed E-state index contributed by atoms with van der Waals surface area (Å²) in [6.07, 6.45) is 0.529. The fourth-order valence-corrected chi connectivity index (χ4v) is 3.45. The Balaban J connectivity index is 1.78. The fraction of sp³-hybridized carbons (Fsp3) is 0.714. The summed E-state index contributed by atoms with van der Waals surface area (Å²) in [5.41, 5.74) is 0.818. The maximum atomic E-state index is 12.1. The van der Waals surface area contributed by atoms with Gasteiger partial charge in [0.1, 0.15) is 4.88 Å². The summed E-state index contributed by atoms with van der Waals surface area (Å²) in [6, 6.07) is 0. The molecule has 1 amide bonds. The fourth-order valence-electron chi connectivity index (χ4n) is 2.62. The molecule has 0 saturated carbocycles. The molecule has 2 heterocycles. The number of rotatable bonds is 4. The van der Waals surface area contributed by atoms with Crippen molar-refractivity contribution >= 4 is 17.2 Å². The SMILES string of the molecule is Cc1nc(C)c(C(=O)NCCN2C[C@@H](C)O[C@H](C)C2)s1. The van der Waals surface area contributed by atoms with Crippen LogP contribution in [0.3, 0.4) is 0 Å². The van der Waals surface area contributed by atoms with Gasteiger partial charge in [0.25, 0.3) is 5.91 Å². The second kappa shape index (κ2) is 6.65. The normalized spacial score (nSPS) is 23.8. The number of aromatic nitrogens is 1. The highest BCUT2D eigenvalue weighted by molar-refractivity contribution is 7.13. The second-order valence-electron chi connectivity index (χ2n) is 5.42. The molecule has 1 saturated heterocycles. The van der Waals surface area contributed by atoms with Gasteiger partial charge in [-0.2, -0.15) is 0 Å². The number of carbonyl (C=O) groups is 1. The van der Waals surface area contributed by atoms with Gasteiger partial charge >= 0.3 is 0 Å². The van der Waals surface area contributed by atoms with E-state index in [1.54, 1.807) is 0 Å². The van der Waals surface area contributed by atoms with E-state index in [4.69, 9.17) is 4.74 Å². The first-order chi connectivity index (χ1) is 9.45. The number of hydrogen-bond acceptors (Lipinski definition) is 5. The Hall–Kier alpha value is -0.980. The molecule has 0 spiro atoms. The van der Waals surface area contributed by atoms with E-state index < -0.39 is 0 Å². The Kier molecular flexibility index (Phi) is 5.12. The van der Waals surface area contributed by atoms with Gasteiger partial charge in [0, 0.05) is 26.2 Å². The largest absolute Gasteiger partial charge is 0.373 e. The van der Waals surface area contributed by atoms with E-state index in [9.17, 15) is 4.79 Å². The third kappa shape index (κ3) is 4.01. The molecule has 1 aromatic heterocycles. The lowest BCUT2D eigenvalue weighted by Crippen LogP contribution is -2.47. The van der Waals surface area contributed by atoms with Crippen molar-refractivity contribution in [2.75, 3.05) is 26.2 Å². The summed E-state index contributed by atoms with van der Waals surface area (Å²) in [5.74, 6) is -0.0116. The van der Waals surface area contributed by atoms with Crippen molar-refractivity contribution in [3.8, 4) is 0 Å². The van der Waals surface area contributed by atoms with E-state index in [0.29, 0.717) is 6.54 Å². The van der Waals surface area contributed by atoms with Crippen LogP contribution in [0.5, 0.6) is 0 Å². The Labute approximate surface area is 124 Å². The molecule has 6 heteroatoms. The van der Waals surface area contributed by atoms with Gasteiger partial charge in [-0.25, -0.2) is 4.98 Å². The van der Waals surface area contributed by atoms with E-state index in [0.717, 1.165) is 35.2 Å². The van der Waals surface area contributed by atoms with Crippen LogP contribution in [0.15, 0.2) is 0 Å². The zero-order valence-electron chi connectivity index (χ0n) is 12.6. The van der Waals surface area contributed by atoms with Crippen LogP contribution >= 0.6 is 11.3 Å². The van der Waals surface area contributed by atoms with Crippen molar-refractivity contribution in [2.24, 2.45) is 0 Å². The van der Waals surface area contributed by atoms with E-state index in [2.05, 4.69) is 29.0 Å². The predicted molar refractivity (Wildman–Crippen MR) is 80.4 cm³/mol. The molecule has 0 aliphatic carbocycles. The number of aryl methyl sites for hydroxylation is 2. The molecule has 112 valence electrons. The quantitative estimate of drug-likeness (QED) is 0.917. The topological polar surface area (TPSA) is 54.5 Å². The van der Waals surface area contributed by atoms with Gasteiger partial charge in [-0.1, -0.05) is 0 Å². The summed E-state index contributed by atoms with van der Waals surface area (Å²) in [6.45, 7) is 11.4. The van der Waals surface area contributed by atoms with Gasteiger partial charge in [0.15, 0.2) is 0 Å². The standard InChI is InChI=1S/C14H23N3O2S/c1-9-7-17(8-10(2)19-9)6-5-15-14(18)13-11(3)16-12(4)20-13/h9-10H,5-8H2,1-4H3,(H,15,18)/t9-,10-/m1/s1. The zero-order valence-corrected chi connectivity index (χ0v) is 13.4. The monoisotopic (exact) mass is 297 g/mol. The molecule has 1 N–H and O–H groups in total. The third-order valence-corrected chi connectivity index (χ3v) is 4.39. The zero-order chi connectivity index (χ0) is 14.7. The molecule has 1 aliphatic rings. The van der Waals surface area contributed by atoms with Crippen molar-refractivity contribution in [2.45, 2.75) is 39.9 Å². The van der Waals surface area contributed by atoms with Crippen LogP contribution in [0.25, 0.3) is 0 Å². The molecule has 0 unspecified atom stereocenters. The highest BCUT2D eigenvalue weighted by atomic mass is 32.1. The molecule has 20 heavy (non-hydrogen) atoms. The average molecular weight is 297 g/mol. The summed E-state index contributed by atoms with van der Waals surface area (Å²) in [4.78, 5) is 19.4. The molecular weight excluding hydrogens is 274 g/mol. The molecule has 0 radical (unpaired) electrons. The molecule has 2 rings (SSSR count). The minimum atomic E-state index is -0.0116. The summed E-state index contributed by atoms with van der Waals surface area (Å²) in [5, 5.41) is 3.91. The lowest BCUT2D eigenvalue weighted by Gasteiger charge is -2.35. The lowest BCUT2D eigenvalue weighted by molar-refractivity contribution is -0.0672. The number of thiazole rings is 1. The number of nitrogens with one attached hydrogen (secondary N) is 1. The van der Waals surface area contributed by atoms with Crippen LogP contribution < -0.4 is 5.32 Å². The van der Waals surface area contributed by atoms with Crippen LogP contribution in [0.2, 0.25) is 0 Å². The molecule has 0 bridgehead atoms. The van der Waals surface area contributed by atoms with Gasteiger partial charge in [0.05, 0.1) is 22.9 Å². The Morgan fingerprint density at radius 1 is 1.40 bits per heavy atom. The predicted octanol–water partition coefficient (Wildman–Crippen LogP) is 1.60. The van der Waals surface area contributed by atoms with Crippen molar-refractivity contribution in [3.05, 3.63) is 15.6 Å². The van der Waals surface area contributed by atoms with E-state index in [-0.39, 0.29) is 18.1 Å². The van der Waals surface area contributed by atoms with Gasteiger partial charge in [-0.05, 0) is 27.7 Å². The molecule has 1 aliphatic heterocycles. The number of hydrogen-bond donors (Lipinski definition) is 1. The maximum absolute atomic E-state index is 12.1. The van der Waals surface area contributed by atoms with Gasteiger partial charge in [-0.15, -0.1) is 11.3 Å². The summed E-state index contributed by atoms with van der Waals surface area (Å²) in [7, 11) is 0. The maximum Gasteiger partial charge on any atom is 0.263 e. The molecule has 1 aromatic rings. The number of carbonyl (C=O) groups excluding carboxylic acids is 1. The second-order valence-corrected chi connectivity index (χ2v) is 6.62. The van der Waals surface area contributed by atoms with E-state index in [1.165, 1.54) is 11.3 Å². The van der Waals surface area contributed by atoms with Gasteiger partial charge in [0.2, 0.25) is 0 Å². The van der Waals surface area contributed by atoms with Crippen LogP contribution in [-0.2, 0) is 4.74 Å². The third-order valence-electron chi connectivity index (χ3n) is 3.32. The molecule has 2 atom stereocenters. The van der Waals surface area contributed by atoms with Crippen LogP contribution in [0, 0.1) is 13.8 Å².